The zero-order valence-electron chi connectivity index (χ0n) is 15.1. The summed E-state index contributed by atoms with van der Waals surface area (Å²) in [6, 6.07) is 10.9. The summed E-state index contributed by atoms with van der Waals surface area (Å²) in [7, 11) is 0. The number of halogens is 1. The Balaban J connectivity index is 1.82. The van der Waals surface area contributed by atoms with Crippen LogP contribution >= 0.6 is 11.6 Å². The van der Waals surface area contributed by atoms with Crippen LogP contribution in [0.5, 0.6) is 0 Å². The fraction of sp³-hybridized carbons (Fsp3) is 0.350. The number of carbonyl (C=O) groups excluding carboxylic acids is 2. The quantitative estimate of drug-likeness (QED) is 0.640. The largest absolute Gasteiger partial charge is 0.325 e. The molecule has 1 fully saturated rings. The van der Waals surface area contributed by atoms with Crippen molar-refractivity contribution in [3.05, 3.63) is 64.4 Å². The Morgan fingerprint density at radius 2 is 1.85 bits per heavy atom. The lowest BCUT2D eigenvalue weighted by Crippen LogP contribution is -2.40. The molecule has 0 bridgehead atoms. The number of hydrogen-bond donors (Lipinski definition) is 1. The Kier molecular flexibility index (Phi) is 5.01. The number of rotatable bonds is 5. The maximum absolute atomic E-state index is 13.0. The van der Waals surface area contributed by atoms with Gasteiger partial charge in [-0.15, -0.1) is 0 Å². The number of imide groups is 1. The lowest BCUT2D eigenvalue weighted by atomic mass is 9.90. The minimum atomic E-state index is -1.07. The number of hydrogen-bond acceptors (Lipinski definition) is 3. The van der Waals surface area contributed by atoms with Crippen molar-refractivity contribution < 1.29 is 9.59 Å². The van der Waals surface area contributed by atoms with Crippen molar-refractivity contribution in [1.82, 2.24) is 15.2 Å². The fourth-order valence-corrected chi connectivity index (χ4v) is 3.40. The van der Waals surface area contributed by atoms with Gasteiger partial charge in [0.25, 0.3) is 5.91 Å². The first-order valence-electron chi connectivity index (χ1n) is 8.63. The number of nitrogens with zero attached hydrogens (tertiary/aromatic N) is 2. The van der Waals surface area contributed by atoms with Gasteiger partial charge in [-0.25, -0.2) is 9.78 Å². The summed E-state index contributed by atoms with van der Waals surface area (Å²) < 4.78 is 0. The van der Waals surface area contributed by atoms with Gasteiger partial charge in [0.05, 0.1) is 6.54 Å². The van der Waals surface area contributed by atoms with Crippen LogP contribution in [-0.2, 0) is 23.3 Å². The van der Waals surface area contributed by atoms with E-state index in [9.17, 15) is 9.59 Å². The fourth-order valence-electron chi connectivity index (χ4n) is 3.21. The molecule has 6 heteroatoms. The number of amides is 3. The molecule has 136 valence electrons. The summed E-state index contributed by atoms with van der Waals surface area (Å²) in [5.74, 6) is 0.291. The first-order valence-corrected chi connectivity index (χ1v) is 9.01. The van der Waals surface area contributed by atoms with Crippen LogP contribution in [0.2, 0.25) is 5.15 Å². The zero-order chi connectivity index (χ0) is 18.9. The number of aromatic nitrogens is 1. The second-order valence-electron chi connectivity index (χ2n) is 7.23. The molecule has 1 unspecified atom stereocenters. The Morgan fingerprint density at radius 3 is 2.46 bits per heavy atom. The Morgan fingerprint density at radius 1 is 1.15 bits per heavy atom. The molecule has 3 amide bonds. The molecule has 2 heterocycles. The van der Waals surface area contributed by atoms with Crippen LogP contribution in [0.25, 0.3) is 0 Å². The molecule has 0 saturated carbocycles. The lowest BCUT2D eigenvalue weighted by Gasteiger charge is -2.22. The third kappa shape index (κ3) is 3.58. The van der Waals surface area contributed by atoms with Crippen molar-refractivity contribution in [2.45, 2.75) is 39.3 Å². The SMILES string of the molecule is CC(C)Cc1ccc(C2(C)NC(=O)N(Cc3ccnc(Cl)c3)C2=O)cc1. The van der Waals surface area contributed by atoms with E-state index in [-0.39, 0.29) is 12.5 Å². The summed E-state index contributed by atoms with van der Waals surface area (Å²) in [4.78, 5) is 30.5. The van der Waals surface area contributed by atoms with Gasteiger partial charge in [0, 0.05) is 6.20 Å². The normalized spacial score (nSPS) is 20.0. The highest BCUT2D eigenvalue weighted by atomic mass is 35.5. The summed E-state index contributed by atoms with van der Waals surface area (Å²) in [6.45, 7) is 6.23. The smallest absolute Gasteiger partial charge is 0.319 e. The lowest BCUT2D eigenvalue weighted by molar-refractivity contribution is -0.131. The first kappa shape index (κ1) is 18.4. The molecule has 1 aliphatic heterocycles. The van der Waals surface area contributed by atoms with Gasteiger partial charge < -0.3 is 5.32 Å². The van der Waals surface area contributed by atoms with Gasteiger partial charge in [-0.1, -0.05) is 49.7 Å². The number of benzene rings is 1. The van der Waals surface area contributed by atoms with Crippen molar-refractivity contribution >= 4 is 23.5 Å². The van der Waals surface area contributed by atoms with E-state index in [0.29, 0.717) is 11.1 Å². The van der Waals surface area contributed by atoms with E-state index < -0.39 is 11.6 Å². The van der Waals surface area contributed by atoms with E-state index in [1.807, 2.05) is 24.3 Å². The topological polar surface area (TPSA) is 62.3 Å². The molecule has 0 aliphatic carbocycles. The van der Waals surface area contributed by atoms with Gasteiger partial charge in [0.1, 0.15) is 10.7 Å². The van der Waals surface area contributed by atoms with Crippen molar-refractivity contribution in [1.29, 1.82) is 0 Å². The number of carbonyl (C=O) groups is 2. The molecule has 3 rings (SSSR count). The highest BCUT2D eigenvalue weighted by Gasteiger charge is 2.48. The van der Waals surface area contributed by atoms with Gasteiger partial charge in [-0.05, 0) is 48.1 Å². The standard InChI is InChI=1S/C20H22ClN3O2/c1-13(2)10-14-4-6-16(7-5-14)20(3)18(25)24(19(26)23-20)12-15-8-9-22-17(21)11-15/h4-9,11,13H,10,12H2,1-3H3,(H,23,26). The van der Waals surface area contributed by atoms with Crippen LogP contribution in [0.1, 0.15) is 37.5 Å². The molecule has 0 spiro atoms. The maximum Gasteiger partial charge on any atom is 0.325 e. The third-order valence-corrected chi connectivity index (χ3v) is 4.79. The molecule has 1 aromatic heterocycles. The first-order chi connectivity index (χ1) is 12.3. The molecule has 5 nitrogen and oxygen atoms in total. The van der Waals surface area contributed by atoms with E-state index in [4.69, 9.17) is 11.6 Å². The Hall–Kier alpha value is -2.40. The molecule has 26 heavy (non-hydrogen) atoms. The predicted octanol–water partition coefficient (Wildman–Crippen LogP) is 3.90. The van der Waals surface area contributed by atoms with Crippen molar-refractivity contribution in [2.75, 3.05) is 0 Å². The number of pyridine rings is 1. The average molecular weight is 372 g/mol. The molecule has 1 saturated heterocycles. The van der Waals surface area contributed by atoms with Gasteiger partial charge >= 0.3 is 6.03 Å². The van der Waals surface area contributed by atoms with E-state index in [0.717, 1.165) is 17.5 Å². The van der Waals surface area contributed by atoms with Crippen LogP contribution in [0, 0.1) is 5.92 Å². The molecule has 1 aromatic carbocycles. The highest BCUT2D eigenvalue weighted by Crippen LogP contribution is 2.30. The highest BCUT2D eigenvalue weighted by molar-refractivity contribution is 6.29. The third-order valence-electron chi connectivity index (χ3n) is 4.58. The second kappa shape index (κ2) is 7.08. The van der Waals surface area contributed by atoms with Crippen LogP contribution < -0.4 is 5.32 Å². The molecule has 1 atom stereocenters. The minimum absolute atomic E-state index is 0.161. The second-order valence-corrected chi connectivity index (χ2v) is 7.62. The van der Waals surface area contributed by atoms with Crippen molar-refractivity contribution in [2.24, 2.45) is 5.92 Å². The van der Waals surface area contributed by atoms with Crippen LogP contribution in [0.4, 0.5) is 4.79 Å². The molecule has 1 N–H and O–H groups in total. The average Bonchev–Trinajstić information content (AvgIpc) is 2.79. The molecule has 0 radical (unpaired) electrons. The minimum Gasteiger partial charge on any atom is -0.319 e. The summed E-state index contributed by atoms with van der Waals surface area (Å²) in [6.07, 6.45) is 2.54. The van der Waals surface area contributed by atoms with Crippen LogP contribution in [-0.4, -0.2) is 21.8 Å². The summed E-state index contributed by atoms with van der Waals surface area (Å²) in [5.41, 5.74) is 1.68. The Bertz CT molecular complexity index is 835. The Labute approximate surface area is 158 Å². The van der Waals surface area contributed by atoms with E-state index >= 15 is 0 Å². The number of nitrogens with one attached hydrogen (secondary N) is 1. The van der Waals surface area contributed by atoms with E-state index in [1.165, 1.54) is 10.5 Å². The van der Waals surface area contributed by atoms with Gasteiger partial charge in [0.2, 0.25) is 0 Å². The van der Waals surface area contributed by atoms with Crippen LogP contribution in [0.3, 0.4) is 0 Å². The predicted molar refractivity (Wildman–Crippen MR) is 101 cm³/mol. The van der Waals surface area contributed by atoms with Gasteiger partial charge in [-0.3, -0.25) is 9.69 Å². The van der Waals surface area contributed by atoms with Gasteiger partial charge in [0.15, 0.2) is 0 Å². The van der Waals surface area contributed by atoms with E-state index in [1.54, 1.807) is 25.3 Å². The van der Waals surface area contributed by atoms with E-state index in [2.05, 4.69) is 24.1 Å². The summed E-state index contributed by atoms with van der Waals surface area (Å²) in [5, 5.41) is 3.16. The molecule has 1 aliphatic rings. The molecule has 2 aromatic rings. The monoisotopic (exact) mass is 371 g/mol. The van der Waals surface area contributed by atoms with Crippen molar-refractivity contribution in [3.8, 4) is 0 Å². The maximum atomic E-state index is 13.0. The van der Waals surface area contributed by atoms with Crippen LogP contribution in [0.15, 0.2) is 42.6 Å². The zero-order valence-corrected chi connectivity index (χ0v) is 15.9. The summed E-state index contributed by atoms with van der Waals surface area (Å²) >= 11 is 5.89. The van der Waals surface area contributed by atoms with Crippen molar-refractivity contribution in [3.63, 3.8) is 0 Å². The molecular formula is C20H22ClN3O2. The molecular weight excluding hydrogens is 350 g/mol. The number of urea groups is 1. The van der Waals surface area contributed by atoms with Gasteiger partial charge in [-0.2, -0.15) is 0 Å².